The van der Waals surface area contributed by atoms with E-state index in [1.807, 2.05) is 87.4 Å². The maximum absolute atomic E-state index is 14.2. The topological polar surface area (TPSA) is 242 Å². The second-order valence-electron chi connectivity index (χ2n) is 41.8. The van der Waals surface area contributed by atoms with Gasteiger partial charge in [-0.05, 0) is 304 Å². The van der Waals surface area contributed by atoms with Crippen LogP contribution in [-0.4, -0.2) is 139 Å². The largest absolute Gasteiger partial charge is 0.449 e. The SMILES string of the molecule is CCCCOC(=O)Nc1cc2c(cc1N(CC)CC)CC(C1CCCCC1)=N2.CCCCOC(=O)Nc1cc2c(cc1N1CCCC1)CC(C1CCCCC1)=N2.CCN(CC)c1cc2c(cc1NC(=O)c1ccc(C)cc1)N=C(C1CCCCC1)C2.Cc1ccc(C(=O)Nc2cc3c(cc2N(C)C)CC(C2CCCCC2)=N3)c(F)c1.Cc1ccc(C(=O)Nc2cc3c(cc2N(C)C)CC(C2CCCCC2)=N3)c(F)c1. The van der Waals surface area contributed by atoms with Gasteiger partial charge < -0.3 is 49.9 Å². The maximum atomic E-state index is 14.2. The molecule has 5 saturated carbocycles. The quantitative estimate of drug-likeness (QED) is 0.0288. The third-order valence-electron chi connectivity index (χ3n) is 30.9. The van der Waals surface area contributed by atoms with Crippen LogP contribution in [0.25, 0.3) is 0 Å². The number of nitrogens with zero attached hydrogens (tertiary/aromatic N) is 10. The van der Waals surface area contributed by atoms with Crippen molar-refractivity contribution in [1.82, 2.24) is 0 Å². The van der Waals surface area contributed by atoms with Crippen molar-refractivity contribution < 1.29 is 42.2 Å². The molecule has 0 radical (unpaired) electrons. The third kappa shape index (κ3) is 27.4. The van der Waals surface area contributed by atoms with Crippen molar-refractivity contribution in [3.05, 3.63) is 194 Å². The molecular formula is C120H157F2N15O7. The number of amides is 5. The molecular weight excluding hydrogens is 1800 g/mol. The lowest BCUT2D eigenvalue weighted by atomic mass is 9.84. The highest BCUT2D eigenvalue weighted by Gasteiger charge is 2.35. The lowest BCUT2D eigenvalue weighted by molar-refractivity contribution is 0.101. The van der Waals surface area contributed by atoms with Gasteiger partial charge in [-0.1, -0.05) is 153 Å². The zero-order valence-corrected chi connectivity index (χ0v) is 88.1. The predicted molar refractivity (Wildman–Crippen MR) is 593 cm³/mol. The van der Waals surface area contributed by atoms with Gasteiger partial charge in [0.15, 0.2) is 0 Å². The molecule has 0 unspecified atom stereocenters. The van der Waals surface area contributed by atoms with E-state index >= 15 is 0 Å². The van der Waals surface area contributed by atoms with Crippen molar-refractivity contribution in [2.24, 2.45) is 54.6 Å². The summed E-state index contributed by atoms with van der Waals surface area (Å²) >= 11 is 0. The molecule has 0 aromatic heterocycles. The average Bonchev–Trinajstić information content (AvgIpc) is 1.68. The summed E-state index contributed by atoms with van der Waals surface area (Å²) < 4.78 is 39.1. The smallest absolute Gasteiger partial charge is 0.411 e. The first-order chi connectivity index (χ1) is 69.8. The molecule has 0 bridgehead atoms. The Bertz CT molecular complexity index is 5720. The summed E-state index contributed by atoms with van der Waals surface area (Å²) in [7, 11) is 7.78. The van der Waals surface area contributed by atoms with Crippen molar-refractivity contribution in [3.63, 3.8) is 0 Å². The molecule has 6 fully saturated rings. The second kappa shape index (κ2) is 51.1. The van der Waals surface area contributed by atoms with Crippen LogP contribution < -0.4 is 51.1 Å². The van der Waals surface area contributed by atoms with Crippen LogP contribution in [0, 0.1) is 62.0 Å². The fourth-order valence-corrected chi connectivity index (χ4v) is 22.5. The van der Waals surface area contributed by atoms with Crippen LogP contribution in [0.4, 0.5) is 104 Å². The van der Waals surface area contributed by atoms with Gasteiger partial charge in [-0.25, -0.2) is 18.4 Å². The number of halogens is 2. The minimum Gasteiger partial charge on any atom is -0.449 e. The number of benzene rings is 8. The summed E-state index contributed by atoms with van der Waals surface area (Å²) in [6, 6.07) is 38.1. The molecule has 24 heteroatoms. The summed E-state index contributed by atoms with van der Waals surface area (Å²) in [6.07, 6.45) is 42.5. The van der Waals surface area contributed by atoms with Crippen molar-refractivity contribution in [3.8, 4) is 0 Å². The van der Waals surface area contributed by atoms with Crippen molar-refractivity contribution >= 4 is 144 Å². The lowest BCUT2D eigenvalue weighted by Gasteiger charge is -2.25. The summed E-state index contributed by atoms with van der Waals surface area (Å²) in [5, 5.41) is 14.9. The molecule has 5 amide bonds. The molecule has 19 rings (SSSR count). The van der Waals surface area contributed by atoms with Gasteiger partial charge in [-0.3, -0.25) is 50.0 Å². The average molecular weight is 1960 g/mol. The minimum atomic E-state index is -0.507. The van der Waals surface area contributed by atoms with E-state index in [0.29, 0.717) is 59.7 Å². The molecule has 8 aromatic carbocycles. The van der Waals surface area contributed by atoms with Crippen LogP contribution in [0.15, 0.2) is 146 Å². The zero-order chi connectivity index (χ0) is 101. The number of hydrogen-bond donors (Lipinski definition) is 5. The monoisotopic (exact) mass is 1960 g/mol. The standard InChI is InChI=1S/C26H33N3O.2C24H28FN3O.C23H33N3O2.C23H35N3O2/c1-4-29(5-2)25-16-21-15-22(19-9-7-6-8-10-19)27-23(21)17-24(25)28-26(30)20-13-11-18(3)12-14-20;2*1-15-9-10-18(19(25)11-15)24(29)27-22-14-21-17(13-23(22)28(2)3)12-20(26-21)16-7-5-4-6-8-16;1-2-3-13-28-23(27)25-21-16-20-18(15-22(21)26-11-7-8-12-26)14-19(24-20)17-9-5-4-6-10-17;1-4-7-13-28-23(27)25-21-16-20-18(15-22(21)26(5-2)6-3)14-19(24-20)17-11-9-8-10-12-17/h11-14,16-17,19H,4-10,15H2,1-3H3,(H,28,30);2*9-11,13-14,16H,4-8,12H2,1-3H3,(H,27,29);15-17H,2-14H2,1H3,(H,25,27);15-17H,4-14H2,1-3H3,(H,25,27). The van der Waals surface area contributed by atoms with Crippen LogP contribution >= 0.6 is 0 Å². The normalized spacial score (nSPS) is 16.9. The molecule has 6 aliphatic heterocycles. The van der Waals surface area contributed by atoms with E-state index < -0.39 is 23.4 Å². The number of aliphatic imine (C=N–C) groups is 5. The number of rotatable bonds is 28. The number of unbranched alkanes of at least 4 members (excludes halogenated alkanes) is 2. The fourth-order valence-electron chi connectivity index (χ4n) is 22.5. The van der Waals surface area contributed by atoms with Crippen molar-refractivity contribution in [2.45, 2.75) is 293 Å². The van der Waals surface area contributed by atoms with E-state index in [0.717, 1.165) is 188 Å². The van der Waals surface area contributed by atoms with E-state index in [4.69, 9.17) is 34.4 Å². The van der Waals surface area contributed by atoms with Crippen molar-refractivity contribution in [1.29, 1.82) is 0 Å². The molecule has 144 heavy (non-hydrogen) atoms. The van der Waals surface area contributed by atoms with Gasteiger partial charge in [-0.15, -0.1) is 0 Å². The first-order valence-electron chi connectivity index (χ1n) is 54.5. The third-order valence-corrected chi connectivity index (χ3v) is 30.9. The van der Waals surface area contributed by atoms with Gasteiger partial charge >= 0.3 is 12.2 Å². The number of hydrogen-bond acceptors (Lipinski definition) is 17. The Morgan fingerprint density at radius 1 is 0.333 bits per heavy atom. The van der Waals surface area contributed by atoms with Gasteiger partial charge in [0.25, 0.3) is 17.7 Å². The Morgan fingerprint density at radius 3 is 0.931 bits per heavy atom. The Balaban J connectivity index is 0.000000135. The summed E-state index contributed by atoms with van der Waals surface area (Å²) in [6.45, 7) is 25.0. The molecule has 8 aromatic rings. The number of fused-ring (bicyclic) bond motifs is 5. The zero-order valence-electron chi connectivity index (χ0n) is 88.1. The molecule has 11 aliphatic rings. The number of carbonyl (C=O) groups is 5. The number of anilines is 10. The lowest BCUT2D eigenvalue weighted by Crippen LogP contribution is -2.24. The molecule has 6 heterocycles. The minimum absolute atomic E-state index is 0.0483. The van der Waals surface area contributed by atoms with E-state index in [1.165, 1.54) is 254 Å². The number of nitrogens with one attached hydrogen (secondary N) is 5. The molecule has 5 aliphatic carbocycles. The fraction of sp³-hybridized carbons (Fsp3) is 0.517. The van der Waals surface area contributed by atoms with Gasteiger partial charge in [0.2, 0.25) is 0 Å². The number of ether oxygens (including phenoxy) is 2. The first-order valence-corrected chi connectivity index (χ1v) is 54.5. The predicted octanol–water partition coefficient (Wildman–Crippen LogP) is 29.6. The van der Waals surface area contributed by atoms with E-state index in [9.17, 15) is 32.8 Å². The Hall–Kier alpha value is -12.1. The molecule has 5 N–H and O–H groups in total. The highest BCUT2D eigenvalue weighted by atomic mass is 19.1. The van der Waals surface area contributed by atoms with Gasteiger partial charge in [0.05, 0.1) is 110 Å². The van der Waals surface area contributed by atoms with E-state index in [-0.39, 0.29) is 29.2 Å². The van der Waals surface area contributed by atoms with E-state index in [1.54, 1.807) is 26.0 Å². The molecule has 22 nitrogen and oxygen atoms in total. The summed E-state index contributed by atoms with van der Waals surface area (Å²) in [5.74, 6) is 1.10. The highest BCUT2D eigenvalue weighted by Crippen LogP contribution is 2.48. The van der Waals surface area contributed by atoms with Gasteiger partial charge in [-0.2, -0.15) is 0 Å². The highest BCUT2D eigenvalue weighted by molar-refractivity contribution is 6.11. The van der Waals surface area contributed by atoms with Crippen LogP contribution in [0.2, 0.25) is 0 Å². The van der Waals surface area contributed by atoms with Gasteiger partial charge in [0.1, 0.15) is 11.6 Å². The second-order valence-corrected chi connectivity index (χ2v) is 41.8. The van der Waals surface area contributed by atoms with Crippen LogP contribution in [0.5, 0.6) is 0 Å². The first kappa shape index (κ1) is 106. The Labute approximate surface area is 854 Å². The molecule has 0 spiro atoms. The Morgan fingerprint density at radius 2 is 0.618 bits per heavy atom. The van der Waals surface area contributed by atoms with Crippen LogP contribution in [0.3, 0.4) is 0 Å². The van der Waals surface area contributed by atoms with Crippen molar-refractivity contribution in [2.75, 3.05) is 132 Å². The Kier molecular flexibility index (Phi) is 37.7. The maximum Gasteiger partial charge on any atom is 0.411 e. The van der Waals surface area contributed by atoms with Gasteiger partial charge in [0, 0.05) is 134 Å². The number of aryl methyl sites for hydroxylation is 3. The van der Waals surface area contributed by atoms with Crippen LogP contribution in [-0.2, 0) is 41.6 Å². The summed E-state index contributed by atoms with van der Waals surface area (Å²) in [5.41, 5.74) is 30.2. The summed E-state index contributed by atoms with van der Waals surface area (Å²) in [4.78, 5) is 98.7. The molecule has 0 atom stereocenters. The number of carbonyl (C=O) groups excluding carboxylic acids is 5. The van der Waals surface area contributed by atoms with E-state index in [2.05, 4.69) is 125 Å². The molecule has 1 saturated heterocycles. The van der Waals surface area contributed by atoms with Crippen LogP contribution in [0.1, 0.15) is 316 Å². The molecule has 768 valence electrons.